The molecule has 5 nitrogen and oxygen atoms in total. The third kappa shape index (κ3) is 3.62. The zero-order chi connectivity index (χ0) is 16.2. The van der Waals surface area contributed by atoms with Crippen LogP contribution in [0.5, 0.6) is 0 Å². The van der Waals surface area contributed by atoms with Crippen LogP contribution in [0.3, 0.4) is 0 Å². The predicted molar refractivity (Wildman–Crippen MR) is 93.6 cm³/mol. The quantitative estimate of drug-likeness (QED) is 0.730. The highest BCUT2D eigenvalue weighted by atomic mass is 15.1. The smallest absolute Gasteiger partial charge is 0.0958 e. The minimum absolute atomic E-state index is 0.973. The second kappa shape index (κ2) is 6.96. The van der Waals surface area contributed by atoms with Crippen LogP contribution in [0.15, 0.2) is 30.6 Å². The Bertz CT molecular complexity index is 751. The monoisotopic (exact) mass is 311 g/mol. The van der Waals surface area contributed by atoms with Gasteiger partial charge in [0, 0.05) is 18.8 Å². The SMILES string of the molecule is Cc1n[nH]c(C)c1CCCN(C)CCn1cnc2ccccc21. The van der Waals surface area contributed by atoms with E-state index in [1.165, 1.54) is 16.8 Å². The number of hydrogen-bond acceptors (Lipinski definition) is 3. The summed E-state index contributed by atoms with van der Waals surface area (Å²) in [4.78, 5) is 6.83. The Morgan fingerprint density at radius 3 is 2.78 bits per heavy atom. The summed E-state index contributed by atoms with van der Waals surface area (Å²) in [5.41, 5.74) is 6.00. The summed E-state index contributed by atoms with van der Waals surface area (Å²) >= 11 is 0. The highest BCUT2D eigenvalue weighted by Gasteiger charge is 2.07. The van der Waals surface area contributed by atoms with E-state index in [9.17, 15) is 0 Å². The van der Waals surface area contributed by atoms with Crippen molar-refractivity contribution in [2.75, 3.05) is 20.1 Å². The van der Waals surface area contributed by atoms with Gasteiger partial charge in [-0.1, -0.05) is 12.1 Å². The van der Waals surface area contributed by atoms with Gasteiger partial charge in [-0.25, -0.2) is 4.98 Å². The molecule has 0 bridgehead atoms. The van der Waals surface area contributed by atoms with E-state index in [-0.39, 0.29) is 0 Å². The standard InChI is InChI=1S/C18H25N5/c1-14-16(15(2)21-20-14)7-6-10-22(3)11-12-23-13-19-17-8-4-5-9-18(17)23/h4-5,8-9,13H,6-7,10-12H2,1-3H3,(H,20,21). The van der Waals surface area contributed by atoms with Gasteiger partial charge in [-0.3, -0.25) is 5.10 Å². The molecule has 0 aliphatic rings. The molecule has 3 aromatic rings. The van der Waals surface area contributed by atoms with Crippen LogP contribution < -0.4 is 0 Å². The van der Waals surface area contributed by atoms with Crippen LogP contribution in [0.2, 0.25) is 0 Å². The maximum absolute atomic E-state index is 4.45. The number of nitrogens with zero attached hydrogens (tertiary/aromatic N) is 4. The van der Waals surface area contributed by atoms with Crippen molar-refractivity contribution < 1.29 is 0 Å². The normalized spacial score (nSPS) is 11.7. The first-order valence-electron chi connectivity index (χ1n) is 8.24. The lowest BCUT2D eigenvalue weighted by Crippen LogP contribution is -2.24. The fourth-order valence-corrected chi connectivity index (χ4v) is 3.05. The maximum Gasteiger partial charge on any atom is 0.0958 e. The Morgan fingerprint density at radius 1 is 1.17 bits per heavy atom. The molecule has 5 heteroatoms. The molecular formula is C18H25N5. The third-order valence-electron chi connectivity index (χ3n) is 4.50. The summed E-state index contributed by atoms with van der Waals surface area (Å²) in [5.74, 6) is 0. The number of aryl methyl sites for hydroxylation is 2. The van der Waals surface area contributed by atoms with Crippen molar-refractivity contribution >= 4 is 11.0 Å². The van der Waals surface area contributed by atoms with Gasteiger partial charge in [-0.15, -0.1) is 0 Å². The van der Waals surface area contributed by atoms with Crippen molar-refractivity contribution in [3.63, 3.8) is 0 Å². The molecule has 3 rings (SSSR count). The molecule has 122 valence electrons. The van der Waals surface area contributed by atoms with Gasteiger partial charge < -0.3 is 9.47 Å². The molecule has 1 aromatic carbocycles. The first-order valence-corrected chi connectivity index (χ1v) is 8.24. The molecular weight excluding hydrogens is 286 g/mol. The van der Waals surface area contributed by atoms with Crippen molar-refractivity contribution in [1.29, 1.82) is 0 Å². The average Bonchev–Trinajstić information content (AvgIpc) is 3.11. The summed E-state index contributed by atoms with van der Waals surface area (Å²) < 4.78 is 2.23. The van der Waals surface area contributed by atoms with Gasteiger partial charge >= 0.3 is 0 Å². The lowest BCUT2D eigenvalue weighted by molar-refractivity contribution is 0.316. The second-order valence-corrected chi connectivity index (χ2v) is 6.25. The summed E-state index contributed by atoms with van der Waals surface area (Å²) in [5, 5.41) is 7.33. The van der Waals surface area contributed by atoms with Gasteiger partial charge in [0.15, 0.2) is 0 Å². The van der Waals surface area contributed by atoms with Gasteiger partial charge in [0.05, 0.1) is 23.1 Å². The maximum atomic E-state index is 4.45. The minimum atomic E-state index is 0.973. The number of aromatic amines is 1. The zero-order valence-electron chi connectivity index (χ0n) is 14.2. The number of hydrogen-bond donors (Lipinski definition) is 1. The molecule has 2 heterocycles. The Kier molecular flexibility index (Phi) is 4.76. The number of H-pyrrole nitrogens is 1. The molecule has 0 radical (unpaired) electrons. The van der Waals surface area contributed by atoms with Crippen LogP contribution in [0.1, 0.15) is 23.4 Å². The van der Waals surface area contributed by atoms with E-state index in [1.807, 2.05) is 12.4 Å². The summed E-state index contributed by atoms with van der Waals surface area (Å²) in [7, 11) is 2.19. The highest BCUT2D eigenvalue weighted by molar-refractivity contribution is 5.74. The Hall–Kier alpha value is -2.14. The molecule has 0 saturated carbocycles. The van der Waals surface area contributed by atoms with E-state index < -0.39 is 0 Å². The topological polar surface area (TPSA) is 49.7 Å². The molecule has 23 heavy (non-hydrogen) atoms. The molecule has 2 aromatic heterocycles. The first-order chi connectivity index (χ1) is 11.1. The molecule has 0 unspecified atom stereocenters. The second-order valence-electron chi connectivity index (χ2n) is 6.25. The Morgan fingerprint density at radius 2 is 2.00 bits per heavy atom. The van der Waals surface area contributed by atoms with E-state index in [1.54, 1.807) is 0 Å². The zero-order valence-corrected chi connectivity index (χ0v) is 14.2. The van der Waals surface area contributed by atoms with E-state index in [0.717, 1.165) is 43.7 Å². The van der Waals surface area contributed by atoms with Gasteiger partial charge in [0.25, 0.3) is 0 Å². The van der Waals surface area contributed by atoms with E-state index in [4.69, 9.17) is 0 Å². The van der Waals surface area contributed by atoms with Gasteiger partial charge in [-0.2, -0.15) is 5.10 Å². The predicted octanol–water partition coefficient (Wildman–Crippen LogP) is 2.94. The van der Waals surface area contributed by atoms with Crippen LogP contribution in [0.4, 0.5) is 0 Å². The van der Waals surface area contributed by atoms with Crippen molar-refractivity contribution in [3.05, 3.63) is 47.5 Å². The van der Waals surface area contributed by atoms with Crippen LogP contribution in [0.25, 0.3) is 11.0 Å². The van der Waals surface area contributed by atoms with Gasteiger partial charge in [0.2, 0.25) is 0 Å². The number of rotatable bonds is 7. The molecule has 0 saturated heterocycles. The van der Waals surface area contributed by atoms with E-state index in [0.29, 0.717) is 0 Å². The van der Waals surface area contributed by atoms with Crippen molar-refractivity contribution in [2.45, 2.75) is 33.2 Å². The third-order valence-corrected chi connectivity index (χ3v) is 4.50. The van der Waals surface area contributed by atoms with Crippen molar-refractivity contribution in [2.24, 2.45) is 0 Å². The lowest BCUT2D eigenvalue weighted by Gasteiger charge is -2.17. The highest BCUT2D eigenvalue weighted by Crippen LogP contribution is 2.13. The summed E-state index contributed by atoms with van der Waals surface area (Å²) in [6, 6.07) is 8.30. The Balaban J connectivity index is 1.47. The number of benzene rings is 1. The Labute approximate surface area is 137 Å². The molecule has 0 amide bonds. The molecule has 0 aliphatic carbocycles. The number of imidazole rings is 1. The van der Waals surface area contributed by atoms with Crippen molar-refractivity contribution in [1.82, 2.24) is 24.6 Å². The first kappa shape index (κ1) is 15.7. The molecule has 0 fully saturated rings. The van der Waals surface area contributed by atoms with Crippen molar-refractivity contribution in [3.8, 4) is 0 Å². The molecule has 0 atom stereocenters. The van der Waals surface area contributed by atoms with Gasteiger partial charge in [0.1, 0.15) is 0 Å². The largest absolute Gasteiger partial charge is 0.329 e. The van der Waals surface area contributed by atoms with Crippen LogP contribution >= 0.6 is 0 Å². The van der Waals surface area contributed by atoms with E-state index in [2.05, 4.69) is 63.7 Å². The molecule has 0 aliphatic heterocycles. The summed E-state index contributed by atoms with van der Waals surface area (Å²) in [6.45, 7) is 7.27. The molecule has 0 spiro atoms. The van der Waals surface area contributed by atoms with Crippen LogP contribution in [-0.4, -0.2) is 44.8 Å². The van der Waals surface area contributed by atoms with Crippen LogP contribution in [0, 0.1) is 13.8 Å². The number of aromatic nitrogens is 4. The fraction of sp³-hybridized carbons (Fsp3) is 0.444. The summed E-state index contributed by atoms with van der Waals surface area (Å²) in [6.07, 6.45) is 4.19. The fourth-order valence-electron chi connectivity index (χ4n) is 3.05. The number of para-hydroxylation sites is 2. The number of likely N-dealkylation sites (N-methyl/N-ethyl adjacent to an activating group) is 1. The number of fused-ring (bicyclic) bond motifs is 1. The minimum Gasteiger partial charge on any atom is -0.329 e. The van der Waals surface area contributed by atoms with Crippen LogP contribution in [-0.2, 0) is 13.0 Å². The average molecular weight is 311 g/mol. The molecule has 1 N–H and O–H groups in total. The van der Waals surface area contributed by atoms with E-state index >= 15 is 0 Å². The van der Waals surface area contributed by atoms with Gasteiger partial charge in [-0.05, 0) is 58.0 Å². The lowest BCUT2D eigenvalue weighted by atomic mass is 10.1. The number of nitrogens with one attached hydrogen (secondary N) is 1.